The molecule has 1 nitrogen and oxygen atoms in total. The first-order chi connectivity index (χ1) is 6.81. The van der Waals surface area contributed by atoms with Crippen LogP contribution in [-0.4, -0.2) is 4.98 Å². The minimum atomic E-state index is 1.02. The van der Waals surface area contributed by atoms with Crippen molar-refractivity contribution >= 4 is 11.3 Å². The third-order valence-electron chi connectivity index (χ3n) is 2.28. The van der Waals surface area contributed by atoms with Crippen LogP contribution in [-0.2, 0) is 6.42 Å². The summed E-state index contributed by atoms with van der Waals surface area (Å²) in [5.41, 5.74) is 3.66. The Kier molecular flexibility index (Phi) is 2.64. The van der Waals surface area contributed by atoms with Gasteiger partial charge in [0.15, 0.2) is 0 Å². The molecule has 2 aromatic rings. The number of thiazole rings is 1. The van der Waals surface area contributed by atoms with Crippen LogP contribution >= 0.6 is 11.3 Å². The molecule has 0 spiro atoms. The van der Waals surface area contributed by atoms with E-state index in [0.29, 0.717) is 0 Å². The molecular weight excluding hydrogens is 190 g/mol. The smallest absolute Gasteiger partial charge is 0.0929 e. The molecule has 14 heavy (non-hydrogen) atoms. The van der Waals surface area contributed by atoms with Crippen LogP contribution in [0.5, 0.6) is 0 Å². The van der Waals surface area contributed by atoms with Crippen molar-refractivity contribution in [2.24, 2.45) is 0 Å². The Hall–Kier alpha value is -1.15. The molecule has 72 valence electrons. The van der Waals surface area contributed by atoms with Crippen molar-refractivity contribution in [2.75, 3.05) is 0 Å². The first-order valence-corrected chi connectivity index (χ1v) is 5.69. The fourth-order valence-corrected chi connectivity index (χ4v) is 2.20. The van der Waals surface area contributed by atoms with Gasteiger partial charge in [-0.2, -0.15) is 0 Å². The third-order valence-corrected chi connectivity index (χ3v) is 3.27. The Bertz CT molecular complexity index is 431. The van der Waals surface area contributed by atoms with Crippen molar-refractivity contribution in [3.05, 3.63) is 40.2 Å². The Morgan fingerprint density at radius 2 is 2.07 bits per heavy atom. The maximum absolute atomic E-state index is 4.58. The van der Waals surface area contributed by atoms with E-state index in [2.05, 4.69) is 48.5 Å². The first kappa shape index (κ1) is 9.41. The molecule has 0 atom stereocenters. The van der Waals surface area contributed by atoms with Crippen LogP contribution in [0.1, 0.15) is 17.5 Å². The SMILES string of the molecule is CCc1nc(-c2ccccc2C)cs1. The van der Waals surface area contributed by atoms with Gasteiger partial charge in [0, 0.05) is 10.9 Å². The normalized spacial score (nSPS) is 10.4. The van der Waals surface area contributed by atoms with Gasteiger partial charge in [-0.25, -0.2) is 4.98 Å². The zero-order valence-corrected chi connectivity index (χ0v) is 9.27. The molecule has 1 aromatic heterocycles. The number of hydrogen-bond acceptors (Lipinski definition) is 2. The molecule has 0 radical (unpaired) electrons. The zero-order valence-electron chi connectivity index (χ0n) is 8.45. The van der Waals surface area contributed by atoms with Gasteiger partial charge in [-0.3, -0.25) is 0 Å². The Labute approximate surface area is 88.4 Å². The molecule has 2 rings (SSSR count). The highest BCUT2D eigenvalue weighted by atomic mass is 32.1. The Balaban J connectivity index is 2.44. The molecule has 0 N–H and O–H groups in total. The van der Waals surface area contributed by atoms with Crippen molar-refractivity contribution in [1.29, 1.82) is 0 Å². The molecule has 0 saturated heterocycles. The monoisotopic (exact) mass is 203 g/mol. The van der Waals surface area contributed by atoms with E-state index in [9.17, 15) is 0 Å². The summed E-state index contributed by atoms with van der Waals surface area (Å²) in [7, 11) is 0. The average Bonchev–Trinajstić information content (AvgIpc) is 2.67. The average molecular weight is 203 g/mol. The molecule has 1 heterocycles. The third kappa shape index (κ3) is 1.70. The van der Waals surface area contributed by atoms with E-state index in [4.69, 9.17) is 0 Å². The molecule has 0 aliphatic carbocycles. The van der Waals surface area contributed by atoms with Crippen LogP contribution < -0.4 is 0 Å². The summed E-state index contributed by atoms with van der Waals surface area (Å²) in [6.07, 6.45) is 1.02. The first-order valence-electron chi connectivity index (χ1n) is 4.81. The van der Waals surface area contributed by atoms with Crippen molar-refractivity contribution in [1.82, 2.24) is 4.98 Å². The molecule has 0 amide bonds. The van der Waals surface area contributed by atoms with Gasteiger partial charge >= 0.3 is 0 Å². The predicted octanol–water partition coefficient (Wildman–Crippen LogP) is 3.68. The van der Waals surface area contributed by atoms with Gasteiger partial charge in [-0.1, -0.05) is 31.2 Å². The lowest BCUT2D eigenvalue weighted by Crippen LogP contribution is -1.83. The highest BCUT2D eigenvalue weighted by molar-refractivity contribution is 7.09. The number of rotatable bonds is 2. The fraction of sp³-hybridized carbons (Fsp3) is 0.250. The maximum Gasteiger partial charge on any atom is 0.0929 e. The molecule has 0 saturated carbocycles. The quantitative estimate of drug-likeness (QED) is 0.725. The Morgan fingerprint density at radius 1 is 1.29 bits per heavy atom. The van der Waals surface area contributed by atoms with Crippen LogP contribution in [0.3, 0.4) is 0 Å². The standard InChI is InChI=1S/C12H13NS/c1-3-12-13-11(8-14-12)10-7-5-4-6-9(10)2/h4-8H,3H2,1-2H3. The lowest BCUT2D eigenvalue weighted by Gasteiger charge is -2.00. The minimum Gasteiger partial charge on any atom is -0.241 e. The summed E-state index contributed by atoms with van der Waals surface area (Å²) in [4.78, 5) is 4.58. The number of benzene rings is 1. The topological polar surface area (TPSA) is 12.9 Å². The predicted molar refractivity (Wildman–Crippen MR) is 61.7 cm³/mol. The van der Waals surface area contributed by atoms with E-state index < -0.39 is 0 Å². The Morgan fingerprint density at radius 3 is 2.71 bits per heavy atom. The number of hydrogen-bond donors (Lipinski definition) is 0. The minimum absolute atomic E-state index is 1.02. The summed E-state index contributed by atoms with van der Waals surface area (Å²) >= 11 is 1.74. The molecule has 0 bridgehead atoms. The van der Waals surface area contributed by atoms with Gasteiger partial charge in [-0.05, 0) is 18.9 Å². The van der Waals surface area contributed by atoms with E-state index >= 15 is 0 Å². The van der Waals surface area contributed by atoms with Crippen LogP contribution in [0.2, 0.25) is 0 Å². The van der Waals surface area contributed by atoms with Gasteiger partial charge in [0.05, 0.1) is 10.7 Å². The number of aryl methyl sites for hydroxylation is 2. The summed E-state index contributed by atoms with van der Waals surface area (Å²) in [5.74, 6) is 0. The van der Waals surface area contributed by atoms with Crippen molar-refractivity contribution in [3.63, 3.8) is 0 Å². The molecule has 1 aromatic carbocycles. The molecule has 0 aliphatic heterocycles. The highest BCUT2D eigenvalue weighted by Gasteiger charge is 2.04. The van der Waals surface area contributed by atoms with Crippen molar-refractivity contribution in [2.45, 2.75) is 20.3 Å². The van der Waals surface area contributed by atoms with E-state index in [-0.39, 0.29) is 0 Å². The van der Waals surface area contributed by atoms with Crippen molar-refractivity contribution in [3.8, 4) is 11.3 Å². The van der Waals surface area contributed by atoms with Crippen LogP contribution in [0.15, 0.2) is 29.6 Å². The van der Waals surface area contributed by atoms with Crippen LogP contribution in [0.4, 0.5) is 0 Å². The van der Waals surface area contributed by atoms with Gasteiger partial charge in [0.2, 0.25) is 0 Å². The molecular formula is C12H13NS. The molecule has 0 fully saturated rings. The fourth-order valence-electron chi connectivity index (χ4n) is 1.46. The number of aromatic nitrogens is 1. The molecule has 2 heteroatoms. The second-order valence-corrected chi connectivity index (χ2v) is 4.24. The molecule has 0 aliphatic rings. The van der Waals surface area contributed by atoms with Gasteiger partial charge in [0.25, 0.3) is 0 Å². The molecule has 0 unspecified atom stereocenters. The summed E-state index contributed by atoms with van der Waals surface area (Å²) in [6, 6.07) is 8.38. The lowest BCUT2D eigenvalue weighted by molar-refractivity contribution is 1.10. The summed E-state index contributed by atoms with van der Waals surface area (Å²) < 4.78 is 0. The highest BCUT2D eigenvalue weighted by Crippen LogP contribution is 2.24. The number of nitrogens with zero attached hydrogens (tertiary/aromatic N) is 1. The van der Waals surface area contributed by atoms with Gasteiger partial charge < -0.3 is 0 Å². The van der Waals surface area contributed by atoms with Crippen LogP contribution in [0, 0.1) is 6.92 Å². The van der Waals surface area contributed by atoms with E-state index in [1.165, 1.54) is 16.1 Å². The second-order valence-electron chi connectivity index (χ2n) is 3.29. The van der Waals surface area contributed by atoms with Gasteiger partial charge in [0.1, 0.15) is 0 Å². The second kappa shape index (κ2) is 3.93. The van der Waals surface area contributed by atoms with Crippen LogP contribution in [0.25, 0.3) is 11.3 Å². The summed E-state index contributed by atoms with van der Waals surface area (Å²) in [5, 5.41) is 3.35. The van der Waals surface area contributed by atoms with E-state index in [1.807, 2.05) is 0 Å². The lowest BCUT2D eigenvalue weighted by atomic mass is 10.1. The largest absolute Gasteiger partial charge is 0.241 e. The van der Waals surface area contributed by atoms with E-state index in [1.54, 1.807) is 11.3 Å². The van der Waals surface area contributed by atoms with Gasteiger partial charge in [-0.15, -0.1) is 11.3 Å². The zero-order chi connectivity index (χ0) is 9.97. The van der Waals surface area contributed by atoms with E-state index in [0.717, 1.165) is 12.1 Å². The van der Waals surface area contributed by atoms with Crippen molar-refractivity contribution < 1.29 is 0 Å². The summed E-state index contributed by atoms with van der Waals surface area (Å²) in [6.45, 7) is 4.26. The maximum atomic E-state index is 4.58.